The molecule has 2 nitrogen and oxygen atoms in total. The van der Waals surface area contributed by atoms with Crippen molar-refractivity contribution in [3.05, 3.63) is 0 Å². The van der Waals surface area contributed by atoms with E-state index >= 15 is 0 Å². The van der Waals surface area contributed by atoms with Crippen molar-refractivity contribution in [1.29, 1.82) is 0 Å². The van der Waals surface area contributed by atoms with Crippen molar-refractivity contribution in [2.24, 2.45) is 0 Å². The predicted octanol–water partition coefficient (Wildman–Crippen LogP) is 2.30. The third kappa shape index (κ3) is 6.35. The first-order chi connectivity index (χ1) is 5.68. The summed E-state index contributed by atoms with van der Waals surface area (Å²) >= 11 is 0. The van der Waals surface area contributed by atoms with E-state index < -0.39 is 6.10 Å². The van der Waals surface area contributed by atoms with Crippen molar-refractivity contribution in [3.8, 4) is 0 Å². The molecule has 0 rings (SSSR count). The van der Waals surface area contributed by atoms with Crippen LogP contribution >= 0.6 is 0 Å². The van der Waals surface area contributed by atoms with E-state index in [9.17, 15) is 4.79 Å². The van der Waals surface area contributed by atoms with Crippen molar-refractivity contribution in [2.45, 2.75) is 58.5 Å². The smallest absolute Gasteiger partial charge is 0.160 e. The highest BCUT2D eigenvalue weighted by Gasteiger charge is 2.07. The highest BCUT2D eigenvalue weighted by molar-refractivity contribution is 5.82. The standard InChI is InChI=1S/C10H20O2/c1-3-4-5-6-7-8-10(12)9(2)11/h9,11H,3-8H2,1-2H3/t9-/m0/s1. The maximum absolute atomic E-state index is 10.9. The quantitative estimate of drug-likeness (QED) is 0.598. The zero-order valence-corrected chi connectivity index (χ0v) is 8.18. The molecule has 0 aliphatic carbocycles. The molecule has 0 amide bonds. The second-order valence-electron chi connectivity index (χ2n) is 3.31. The van der Waals surface area contributed by atoms with E-state index in [0.717, 1.165) is 12.8 Å². The molecule has 12 heavy (non-hydrogen) atoms. The van der Waals surface area contributed by atoms with Crippen LogP contribution in [0.3, 0.4) is 0 Å². The van der Waals surface area contributed by atoms with Gasteiger partial charge in [0.15, 0.2) is 5.78 Å². The molecule has 0 bridgehead atoms. The highest BCUT2D eigenvalue weighted by Crippen LogP contribution is 2.06. The van der Waals surface area contributed by atoms with Crippen LogP contribution in [0.4, 0.5) is 0 Å². The van der Waals surface area contributed by atoms with Gasteiger partial charge in [0.25, 0.3) is 0 Å². The van der Waals surface area contributed by atoms with Crippen LogP contribution in [0.5, 0.6) is 0 Å². The summed E-state index contributed by atoms with van der Waals surface area (Å²) in [5.41, 5.74) is 0. The van der Waals surface area contributed by atoms with Gasteiger partial charge < -0.3 is 5.11 Å². The summed E-state index contributed by atoms with van der Waals surface area (Å²) in [4.78, 5) is 10.9. The van der Waals surface area contributed by atoms with Gasteiger partial charge in [0.2, 0.25) is 0 Å². The Kier molecular flexibility index (Phi) is 7.06. The first-order valence-electron chi connectivity index (χ1n) is 4.89. The van der Waals surface area contributed by atoms with Crippen molar-refractivity contribution >= 4 is 5.78 Å². The Bertz CT molecular complexity index is 119. The molecule has 0 saturated heterocycles. The molecule has 0 unspecified atom stereocenters. The minimum Gasteiger partial charge on any atom is -0.386 e. The van der Waals surface area contributed by atoms with Crippen LogP contribution in [-0.2, 0) is 4.79 Å². The lowest BCUT2D eigenvalue weighted by atomic mass is 10.1. The fraction of sp³-hybridized carbons (Fsp3) is 0.900. The van der Waals surface area contributed by atoms with Gasteiger partial charge in [0.1, 0.15) is 6.10 Å². The molecule has 0 heterocycles. The maximum atomic E-state index is 10.9. The number of ketones is 1. The van der Waals surface area contributed by atoms with E-state index in [1.165, 1.54) is 26.2 Å². The van der Waals surface area contributed by atoms with Gasteiger partial charge in [-0.15, -0.1) is 0 Å². The lowest BCUT2D eigenvalue weighted by Crippen LogP contribution is -2.15. The number of aliphatic hydroxyl groups excluding tert-OH is 1. The van der Waals surface area contributed by atoms with Gasteiger partial charge in [0.05, 0.1) is 0 Å². The van der Waals surface area contributed by atoms with Gasteiger partial charge in [-0.2, -0.15) is 0 Å². The number of carbonyl (C=O) groups excluding carboxylic acids is 1. The number of rotatable bonds is 7. The van der Waals surface area contributed by atoms with Crippen LogP contribution in [0, 0.1) is 0 Å². The van der Waals surface area contributed by atoms with Gasteiger partial charge in [-0.05, 0) is 13.3 Å². The van der Waals surface area contributed by atoms with Crippen LogP contribution in [0.2, 0.25) is 0 Å². The van der Waals surface area contributed by atoms with Gasteiger partial charge in [-0.3, -0.25) is 4.79 Å². The monoisotopic (exact) mass is 172 g/mol. The summed E-state index contributed by atoms with van der Waals surface area (Å²) in [6.07, 6.45) is 5.52. The fourth-order valence-electron chi connectivity index (χ4n) is 1.11. The predicted molar refractivity (Wildman–Crippen MR) is 50.1 cm³/mol. The molecule has 0 saturated carbocycles. The second kappa shape index (κ2) is 7.29. The molecule has 1 atom stereocenters. The molecule has 0 aromatic carbocycles. The van der Waals surface area contributed by atoms with Gasteiger partial charge in [-0.25, -0.2) is 0 Å². The SMILES string of the molecule is CCCCCCCC(=O)[C@H](C)O. The number of aliphatic hydroxyl groups is 1. The van der Waals surface area contributed by atoms with Gasteiger partial charge in [0, 0.05) is 6.42 Å². The topological polar surface area (TPSA) is 37.3 Å². The molecular weight excluding hydrogens is 152 g/mol. The Morgan fingerprint density at radius 1 is 1.25 bits per heavy atom. The average Bonchev–Trinajstić information content (AvgIpc) is 2.03. The Balaban J connectivity index is 3.14. The summed E-state index contributed by atoms with van der Waals surface area (Å²) < 4.78 is 0. The zero-order valence-electron chi connectivity index (χ0n) is 8.18. The van der Waals surface area contributed by atoms with Crippen LogP contribution < -0.4 is 0 Å². The normalized spacial score (nSPS) is 12.9. The molecule has 0 aliphatic rings. The highest BCUT2D eigenvalue weighted by atomic mass is 16.3. The van der Waals surface area contributed by atoms with E-state index in [2.05, 4.69) is 6.92 Å². The third-order valence-corrected chi connectivity index (χ3v) is 1.99. The summed E-state index contributed by atoms with van der Waals surface area (Å²) in [5.74, 6) is -0.0218. The third-order valence-electron chi connectivity index (χ3n) is 1.99. The van der Waals surface area contributed by atoms with E-state index in [1.54, 1.807) is 0 Å². The minimum atomic E-state index is -0.767. The molecule has 72 valence electrons. The van der Waals surface area contributed by atoms with Crippen molar-refractivity contribution in [3.63, 3.8) is 0 Å². The molecular formula is C10H20O2. The fourth-order valence-corrected chi connectivity index (χ4v) is 1.11. The minimum absolute atomic E-state index is 0.0218. The molecule has 2 heteroatoms. The summed E-state index contributed by atoms with van der Waals surface area (Å²) in [6, 6.07) is 0. The number of Topliss-reactive ketones (excluding diaryl/α,β-unsaturated/α-hetero) is 1. The Hall–Kier alpha value is -0.370. The van der Waals surface area contributed by atoms with Gasteiger partial charge in [-0.1, -0.05) is 32.6 Å². The molecule has 1 N–H and O–H groups in total. The lowest BCUT2D eigenvalue weighted by molar-refractivity contribution is -0.126. The van der Waals surface area contributed by atoms with Crippen molar-refractivity contribution in [2.75, 3.05) is 0 Å². The lowest BCUT2D eigenvalue weighted by Gasteiger charge is -2.02. The molecule has 0 radical (unpaired) electrons. The average molecular weight is 172 g/mol. The van der Waals surface area contributed by atoms with E-state index in [-0.39, 0.29) is 5.78 Å². The Morgan fingerprint density at radius 2 is 1.83 bits per heavy atom. The zero-order chi connectivity index (χ0) is 9.40. The van der Waals surface area contributed by atoms with Gasteiger partial charge >= 0.3 is 0 Å². The van der Waals surface area contributed by atoms with E-state index in [1.807, 2.05) is 0 Å². The first-order valence-corrected chi connectivity index (χ1v) is 4.89. The maximum Gasteiger partial charge on any atom is 0.160 e. The first kappa shape index (κ1) is 11.6. The summed E-state index contributed by atoms with van der Waals surface area (Å²) in [5, 5.41) is 8.87. The van der Waals surface area contributed by atoms with Crippen molar-refractivity contribution < 1.29 is 9.90 Å². The summed E-state index contributed by atoms with van der Waals surface area (Å²) in [6.45, 7) is 3.70. The number of hydrogen-bond acceptors (Lipinski definition) is 2. The van der Waals surface area contributed by atoms with Crippen molar-refractivity contribution in [1.82, 2.24) is 0 Å². The summed E-state index contributed by atoms with van der Waals surface area (Å²) in [7, 11) is 0. The van der Waals surface area contributed by atoms with E-state index in [0.29, 0.717) is 6.42 Å². The Morgan fingerprint density at radius 3 is 2.33 bits per heavy atom. The van der Waals surface area contributed by atoms with Crippen LogP contribution in [0.1, 0.15) is 52.4 Å². The molecule has 0 spiro atoms. The molecule has 0 aliphatic heterocycles. The second-order valence-corrected chi connectivity index (χ2v) is 3.31. The number of carbonyl (C=O) groups is 1. The Labute approximate surface area is 75.0 Å². The van der Waals surface area contributed by atoms with Crippen LogP contribution in [-0.4, -0.2) is 17.0 Å². The number of hydrogen-bond donors (Lipinski definition) is 1. The molecule has 0 aromatic heterocycles. The number of unbranched alkanes of at least 4 members (excludes halogenated alkanes) is 4. The van der Waals surface area contributed by atoms with Crippen LogP contribution in [0.15, 0.2) is 0 Å². The largest absolute Gasteiger partial charge is 0.386 e. The van der Waals surface area contributed by atoms with Crippen LogP contribution in [0.25, 0.3) is 0 Å². The van der Waals surface area contributed by atoms with E-state index in [4.69, 9.17) is 5.11 Å². The molecule has 0 fully saturated rings. The molecule has 0 aromatic rings.